The van der Waals surface area contributed by atoms with Crippen molar-refractivity contribution in [3.8, 4) is 5.69 Å². The minimum absolute atomic E-state index is 0.166. The predicted molar refractivity (Wildman–Crippen MR) is 81.2 cm³/mol. The Morgan fingerprint density at radius 3 is 2.70 bits per heavy atom. The summed E-state index contributed by atoms with van der Waals surface area (Å²) in [5.41, 5.74) is 0.703. The van der Waals surface area contributed by atoms with Gasteiger partial charge in [0.2, 0.25) is 15.0 Å². The Morgan fingerprint density at radius 1 is 1.17 bits per heavy atom. The molecule has 23 heavy (non-hydrogen) atoms. The lowest BCUT2D eigenvalue weighted by Crippen LogP contribution is -2.17. The highest BCUT2D eigenvalue weighted by molar-refractivity contribution is 7.91. The lowest BCUT2D eigenvalue weighted by Gasteiger charge is -2.13. The van der Waals surface area contributed by atoms with Crippen molar-refractivity contribution < 1.29 is 12.8 Å². The van der Waals surface area contributed by atoms with Gasteiger partial charge in [-0.15, -0.1) is 0 Å². The Bertz CT molecular complexity index is 925. The average Bonchev–Trinajstić information content (AvgIpc) is 3.05. The minimum Gasteiger partial charge on any atom is -0.291 e. The van der Waals surface area contributed by atoms with E-state index in [9.17, 15) is 12.8 Å². The van der Waals surface area contributed by atoms with Crippen molar-refractivity contribution >= 4 is 9.84 Å². The fraction of sp³-hybridized carbons (Fsp3) is 0.133. The normalized spacial score (nSPS) is 13.0. The number of hydrogen-bond acceptors (Lipinski definition) is 5. The number of benzene rings is 1. The van der Waals surface area contributed by atoms with Crippen LogP contribution in [0.1, 0.15) is 17.9 Å². The molecule has 0 saturated heterocycles. The first-order valence-corrected chi connectivity index (χ1v) is 8.34. The van der Waals surface area contributed by atoms with Gasteiger partial charge in [-0.05, 0) is 25.1 Å². The van der Waals surface area contributed by atoms with Crippen LogP contribution in [0.25, 0.3) is 5.69 Å². The lowest BCUT2D eigenvalue weighted by molar-refractivity contribution is 0.571. The summed E-state index contributed by atoms with van der Waals surface area (Å²) >= 11 is 0. The topological polar surface area (TPSA) is 77.7 Å². The summed E-state index contributed by atoms with van der Waals surface area (Å²) in [5.74, 6) is -0.457. The van der Waals surface area contributed by atoms with Crippen molar-refractivity contribution in [2.45, 2.75) is 17.3 Å². The van der Waals surface area contributed by atoms with Crippen molar-refractivity contribution in [1.29, 1.82) is 0 Å². The lowest BCUT2D eigenvalue weighted by atomic mass is 10.3. The van der Waals surface area contributed by atoms with Crippen LogP contribution in [-0.4, -0.2) is 27.9 Å². The minimum atomic E-state index is -3.81. The zero-order valence-corrected chi connectivity index (χ0v) is 13.0. The number of imidazole rings is 1. The molecule has 1 aromatic carbocycles. The van der Waals surface area contributed by atoms with E-state index in [2.05, 4.69) is 15.0 Å². The summed E-state index contributed by atoms with van der Waals surface area (Å²) in [4.78, 5) is 11.9. The maximum Gasteiger partial charge on any atom is 0.232 e. The van der Waals surface area contributed by atoms with Crippen LogP contribution in [0.4, 0.5) is 4.39 Å². The van der Waals surface area contributed by atoms with Gasteiger partial charge in [0.1, 0.15) is 11.1 Å². The molecule has 3 rings (SSSR count). The van der Waals surface area contributed by atoms with Crippen molar-refractivity contribution in [2.75, 3.05) is 0 Å². The molecular formula is C15H13FN4O2S. The fourth-order valence-electron chi connectivity index (χ4n) is 2.16. The summed E-state index contributed by atoms with van der Waals surface area (Å²) in [6.45, 7) is 1.52. The molecule has 0 saturated carbocycles. The number of aromatic nitrogens is 4. The first-order valence-electron chi connectivity index (χ1n) is 6.79. The first kappa shape index (κ1) is 15.3. The van der Waals surface area contributed by atoms with Crippen LogP contribution in [-0.2, 0) is 9.84 Å². The van der Waals surface area contributed by atoms with Gasteiger partial charge in [-0.1, -0.05) is 6.07 Å². The molecule has 0 aliphatic heterocycles. The Labute approximate surface area is 132 Å². The van der Waals surface area contributed by atoms with E-state index in [-0.39, 0.29) is 5.16 Å². The molecule has 6 nitrogen and oxygen atoms in total. The fourth-order valence-corrected chi connectivity index (χ4v) is 3.56. The molecule has 0 N–H and O–H groups in total. The van der Waals surface area contributed by atoms with Crippen LogP contribution in [0.5, 0.6) is 0 Å². The second kappa shape index (κ2) is 5.88. The van der Waals surface area contributed by atoms with Crippen molar-refractivity contribution in [1.82, 2.24) is 19.5 Å². The highest BCUT2D eigenvalue weighted by atomic mass is 32.2. The second-order valence-electron chi connectivity index (χ2n) is 4.88. The van der Waals surface area contributed by atoms with Gasteiger partial charge in [0, 0.05) is 31.0 Å². The van der Waals surface area contributed by atoms with Gasteiger partial charge in [0.25, 0.3) is 0 Å². The Hall–Kier alpha value is -2.61. The van der Waals surface area contributed by atoms with E-state index in [0.717, 1.165) is 0 Å². The SMILES string of the molecule is C[C@H](c1cnccn1)S(=O)(=O)c1nccn1-c1cccc(F)c1. The van der Waals surface area contributed by atoms with Gasteiger partial charge in [-0.3, -0.25) is 14.5 Å². The molecule has 1 atom stereocenters. The van der Waals surface area contributed by atoms with Crippen LogP contribution in [0, 0.1) is 5.82 Å². The summed E-state index contributed by atoms with van der Waals surface area (Å²) in [7, 11) is -3.81. The summed E-state index contributed by atoms with van der Waals surface area (Å²) in [6, 6.07) is 5.65. The molecule has 0 aliphatic carbocycles. The third kappa shape index (κ3) is 2.85. The molecule has 0 aliphatic rings. The van der Waals surface area contributed by atoms with Crippen molar-refractivity contribution in [3.63, 3.8) is 0 Å². The summed E-state index contributed by atoms with van der Waals surface area (Å²) in [6.07, 6.45) is 7.14. The summed E-state index contributed by atoms with van der Waals surface area (Å²) < 4.78 is 40.4. The van der Waals surface area contributed by atoms with Gasteiger partial charge in [0.15, 0.2) is 0 Å². The molecule has 3 aromatic rings. The second-order valence-corrected chi connectivity index (χ2v) is 7.04. The third-order valence-corrected chi connectivity index (χ3v) is 5.40. The molecule has 0 fully saturated rings. The Balaban J connectivity index is 2.07. The van der Waals surface area contributed by atoms with Crippen LogP contribution in [0.3, 0.4) is 0 Å². The molecule has 0 bridgehead atoms. The third-order valence-electron chi connectivity index (χ3n) is 3.41. The molecule has 0 unspecified atom stereocenters. The van der Waals surface area contributed by atoms with E-state index in [1.807, 2.05) is 0 Å². The largest absolute Gasteiger partial charge is 0.291 e. The Morgan fingerprint density at radius 2 is 2.00 bits per heavy atom. The number of rotatable bonds is 4. The zero-order valence-electron chi connectivity index (χ0n) is 12.2. The van der Waals surface area contributed by atoms with Gasteiger partial charge in [-0.2, -0.15) is 0 Å². The monoisotopic (exact) mass is 332 g/mol. The van der Waals surface area contributed by atoms with Gasteiger partial charge in [0.05, 0.1) is 11.4 Å². The van der Waals surface area contributed by atoms with E-state index in [0.29, 0.717) is 11.4 Å². The quantitative estimate of drug-likeness (QED) is 0.733. The van der Waals surface area contributed by atoms with E-state index in [4.69, 9.17) is 0 Å². The molecule has 2 aromatic heterocycles. The number of halogens is 1. The molecule has 8 heteroatoms. The molecule has 0 amide bonds. The highest BCUT2D eigenvalue weighted by Gasteiger charge is 2.30. The van der Waals surface area contributed by atoms with Crippen LogP contribution >= 0.6 is 0 Å². The standard InChI is InChI=1S/C15H13FN4O2S/c1-11(14-10-17-5-6-18-14)23(21,22)15-19-7-8-20(15)13-4-2-3-12(16)9-13/h2-11H,1H3/t11-/m1/s1. The van der Waals surface area contributed by atoms with E-state index < -0.39 is 20.9 Å². The maximum atomic E-state index is 13.4. The molecule has 118 valence electrons. The number of sulfone groups is 1. The molecular weight excluding hydrogens is 319 g/mol. The first-order chi connectivity index (χ1) is 11.0. The zero-order chi connectivity index (χ0) is 16.4. The van der Waals surface area contributed by atoms with E-state index in [1.165, 1.54) is 60.7 Å². The Kier molecular flexibility index (Phi) is 3.91. The molecule has 0 radical (unpaired) electrons. The molecule has 0 spiro atoms. The van der Waals surface area contributed by atoms with E-state index >= 15 is 0 Å². The van der Waals surface area contributed by atoms with Crippen LogP contribution in [0.2, 0.25) is 0 Å². The van der Waals surface area contributed by atoms with Crippen molar-refractivity contribution in [2.24, 2.45) is 0 Å². The van der Waals surface area contributed by atoms with E-state index in [1.54, 1.807) is 6.07 Å². The van der Waals surface area contributed by atoms with Crippen LogP contribution in [0.15, 0.2) is 60.4 Å². The van der Waals surface area contributed by atoms with Gasteiger partial charge < -0.3 is 0 Å². The molecule has 2 heterocycles. The average molecular weight is 332 g/mol. The van der Waals surface area contributed by atoms with Gasteiger partial charge in [-0.25, -0.2) is 17.8 Å². The highest BCUT2D eigenvalue weighted by Crippen LogP contribution is 2.27. The smallest absolute Gasteiger partial charge is 0.232 e. The number of nitrogens with zero attached hydrogens (tertiary/aromatic N) is 4. The van der Waals surface area contributed by atoms with Crippen LogP contribution < -0.4 is 0 Å². The van der Waals surface area contributed by atoms with Gasteiger partial charge >= 0.3 is 0 Å². The number of hydrogen-bond donors (Lipinski definition) is 0. The maximum absolute atomic E-state index is 13.4. The summed E-state index contributed by atoms with van der Waals surface area (Å²) in [5, 5.41) is -1.09. The van der Waals surface area contributed by atoms with Crippen molar-refractivity contribution in [3.05, 3.63) is 66.8 Å². The predicted octanol–water partition coefficient (Wildman–Crippen LogP) is 2.34.